The number of carbonyl (C=O) groups is 1. The average molecular weight is 216 g/mol. The summed E-state index contributed by atoms with van der Waals surface area (Å²) >= 11 is 0. The third-order valence-corrected chi connectivity index (χ3v) is 3.31. The summed E-state index contributed by atoms with van der Waals surface area (Å²) in [6.45, 7) is 0. The van der Waals surface area contributed by atoms with Crippen LogP contribution in [0.3, 0.4) is 0 Å². The number of esters is 1. The summed E-state index contributed by atoms with van der Waals surface area (Å²) in [5.41, 5.74) is 0. The Labute approximate surface area is 88.3 Å². The summed E-state index contributed by atoms with van der Waals surface area (Å²) < 4.78 is 14.9. The quantitative estimate of drug-likeness (QED) is 0.406. The molecule has 1 N–H and O–H groups in total. The van der Waals surface area contributed by atoms with Crippen molar-refractivity contribution >= 4 is 5.97 Å². The largest absolute Gasteiger partial charge is 0.469 e. The number of aliphatic hydroxyl groups excluding tert-OH is 1. The molecule has 0 radical (unpaired) electrons. The highest BCUT2D eigenvalue weighted by Crippen LogP contribution is 2.44. The maximum Gasteiger partial charge on any atom is 0.309 e. The van der Waals surface area contributed by atoms with Crippen LogP contribution in [0.15, 0.2) is 0 Å². The van der Waals surface area contributed by atoms with Crippen molar-refractivity contribution in [1.29, 1.82) is 0 Å². The van der Waals surface area contributed by atoms with Crippen molar-refractivity contribution < 1.29 is 24.1 Å². The van der Waals surface area contributed by atoms with E-state index in [0.717, 1.165) is 0 Å². The van der Waals surface area contributed by atoms with Crippen molar-refractivity contribution in [2.75, 3.05) is 14.2 Å². The number of hydrogen-bond acceptors (Lipinski definition) is 5. The van der Waals surface area contributed by atoms with Gasteiger partial charge in [0.2, 0.25) is 0 Å². The summed E-state index contributed by atoms with van der Waals surface area (Å²) in [4.78, 5) is 11.5. The van der Waals surface area contributed by atoms with Crippen molar-refractivity contribution in [3.63, 3.8) is 0 Å². The zero-order valence-electron chi connectivity index (χ0n) is 8.88. The third kappa shape index (κ3) is 2.00. The lowest BCUT2D eigenvalue weighted by atomic mass is 9.79. The summed E-state index contributed by atoms with van der Waals surface area (Å²) in [5, 5.41) is 9.65. The fourth-order valence-corrected chi connectivity index (χ4v) is 2.36. The molecule has 5 atom stereocenters. The minimum atomic E-state index is -0.917. The second-order valence-electron chi connectivity index (χ2n) is 4.10. The molecular formula is C10H16O5. The van der Waals surface area contributed by atoms with Gasteiger partial charge in [-0.3, -0.25) is 4.79 Å². The summed E-state index contributed by atoms with van der Waals surface area (Å²) in [7, 11) is 2.79. The Balaban J connectivity index is 2.06. The maximum absolute atomic E-state index is 11.5. The van der Waals surface area contributed by atoms with Crippen LogP contribution in [0.5, 0.6) is 0 Å². The van der Waals surface area contributed by atoms with Crippen LogP contribution in [0.2, 0.25) is 0 Å². The zero-order valence-corrected chi connectivity index (χ0v) is 8.88. The van der Waals surface area contributed by atoms with Gasteiger partial charge >= 0.3 is 5.97 Å². The summed E-state index contributed by atoms with van der Waals surface area (Å²) in [6.07, 6.45) is 0.747. The molecular weight excluding hydrogens is 200 g/mol. The lowest BCUT2D eigenvalue weighted by Gasteiger charge is -2.29. The second-order valence-corrected chi connectivity index (χ2v) is 4.10. The van der Waals surface area contributed by atoms with E-state index in [2.05, 4.69) is 0 Å². The predicted molar refractivity (Wildman–Crippen MR) is 49.9 cm³/mol. The van der Waals surface area contributed by atoms with Crippen molar-refractivity contribution in [3.05, 3.63) is 0 Å². The molecule has 0 aromatic carbocycles. The van der Waals surface area contributed by atoms with Gasteiger partial charge in [-0.1, -0.05) is 0 Å². The fraction of sp³-hybridized carbons (Fsp3) is 0.900. The van der Waals surface area contributed by atoms with E-state index in [1.54, 1.807) is 0 Å². The molecule has 1 heterocycles. The molecule has 1 saturated carbocycles. The SMILES string of the molecule is COC(=O)C1C[C@@H]2OC2C[C@@H]1C(O)OC. The minimum Gasteiger partial charge on any atom is -0.469 e. The molecule has 2 fully saturated rings. The molecule has 0 bridgehead atoms. The Hall–Kier alpha value is -0.650. The van der Waals surface area contributed by atoms with E-state index in [9.17, 15) is 9.90 Å². The molecule has 1 aliphatic heterocycles. The van der Waals surface area contributed by atoms with Crippen molar-refractivity contribution in [3.8, 4) is 0 Å². The first-order valence-corrected chi connectivity index (χ1v) is 5.11. The smallest absolute Gasteiger partial charge is 0.309 e. The monoisotopic (exact) mass is 216 g/mol. The molecule has 1 aliphatic carbocycles. The number of carbonyl (C=O) groups excluding carboxylic acids is 1. The average Bonchev–Trinajstić information content (AvgIpc) is 3.03. The van der Waals surface area contributed by atoms with E-state index in [0.29, 0.717) is 12.8 Å². The van der Waals surface area contributed by atoms with E-state index < -0.39 is 6.29 Å². The zero-order chi connectivity index (χ0) is 11.0. The lowest BCUT2D eigenvalue weighted by molar-refractivity contribution is -0.165. The van der Waals surface area contributed by atoms with Crippen LogP contribution in [-0.2, 0) is 19.0 Å². The van der Waals surface area contributed by atoms with E-state index in [4.69, 9.17) is 14.2 Å². The molecule has 1 saturated heterocycles. The predicted octanol–water partition coefficient (Wildman–Crippen LogP) is -0.0822. The number of epoxide rings is 1. The molecule has 86 valence electrons. The Morgan fingerprint density at radius 1 is 1.40 bits per heavy atom. The van der Waals surface area contributed by atoms with Gasteiger partial charge in [0.25, 0.3) is 0 Å². The minimum absolute atomic E-state index is 0.175. The van der Waals surface area contributed by atoms with Crippen molar-refractivity contribution in [2.24, 2.45) is 11.8 Å². The first-order chi connectivity index (χ1) is 7.17. The highest BCUT2D eigenvalue weighted by atomic mass is 16.6. The standard InChI is InChI=1S/C10H16O5/c1-13-9(11)5-3-7-8(15-7)4-6(5)10(12)14-2/h5-9,11H,3-4H2,1-2H3/t5-,6?,7?,8-,9?/m0/s1. The number of methoxy groups -OCH3 is 2. The van der Waals surface area contributed by atoms with Gasteiger partial charge < -0.3 is 19.3 Å². The van der Waals surface area contributed by atoms with E-state index in [1.807, 2.05) is 0 Å². The lowest BCUT2D eigenvalue weighted by Crippen LogP contribution is -2.39. The van der Waals surface area contributed by atoms with Gasteiger partial charge in [-0.15, -0.1) is 0 Å². The van der Waals surface area contributed by atoms with Gasteiger partial charge in [0, 0.05) is 13.0 Å². The fourth-order valence-electron chi connectivity index (χ4n) is 2.36. The van der Waals surface area contributed by atoms with Crippen LogP contribution in [0.1, 0.15) is 12.8 Å². The van der Waals surface area contributed by atoms with Crippen LogP contribution in [-0.4, -0.2) is 43.8 Å². The van der Waals surface area contributed by atoms with Gasteiger partial charge in [0.15, 0.2) is 6.29 Å². The normalized spacial score (nSPS) is 40.5. The van der Waals surface area contributed by atoms with Crippen molar-refractivity contribution in [1.82, 2.24) is 0 Å². The number of rotatable bonds is 3. The Kier molecular flexibility index (Phi) is 2.95. The molecule has 0 amide bonds. The van der Waals surface area contributed by atoms with Gasteiger partial charge in [-0.2, -0.15) is 0 Å². The van der Waals surface area contributed by atoms with Gasteiger partial charge in [0.05, 0.1) is 25.2 Å². The maximum atomic E-state index is 11.5. The molecule has 3 unspecified atom stereocenters. The Morgan fingerprint density at radius 2 is 2.07 bits per heavy atom. The van der Waals surface area contributed by atoms with Gasteiger partial charge in [-0.25, -0.2) is 0 Å². The van der Waals surface area contributed by atoms with Crippen LogP contribution in [0, 0.1) is 11.8 Å². The molecule has 5 heteroatoms. The number of fused-ring (bicyclic) bond motifs is 1. The molecule has 0 aromatic rings. The Morgan fingerprint density at radius 3 is 2.67 bits per heavy atom. The molecule has 0 aromatic heterocycles. The summed E-state index contributed by atoms with van der Waals surface area (Å²) in [6, 6.07) is 0. The van der Waals surface area contributed by atoms with Gasteiger partial charge in [-0.05, 0) is 12.8 Å². The van der Waals surface area contributed by atoms with Crippen molar-refractivity contribution in [2.45, 2.75) is 31.3 Å². The van der Waals surface area contributed by atoms with Gasteiger partial charge in [0.1, 0.15) is 0 Å². The summed E-state index contributed by atoms with van der Waals surface area (Å²) in [5.74, 6) is -0.815. The number of hydrogen-bond donors (Lipinski definition) is 1. The van der Waals surface area contributed by atoms with E-state index in [1.165, 1.54) is 14.2 Å². The molecule has 5 nitrogen and oxygen atoms in total. The van der Waals surface area contributed by atoms with Crippen LogP contribution in [0.4, 0.5) is 0 Å². The number of ether oxygens (including phenoxy) is 3. The molecule has 0 spiro atoms. The Bertz CT molecular complexity index is 254. The highest BCUT2D eigenvalue weighted by Gasteiger charge is 2.52. The number of aliphatic hydroxyl groups is 1. The highest BCUT2D eigenvalue weighted by molar-refractivity contribution is 5.73. The first-order valence-electron chi connectivity index (χ1n) is 5.11. The first kappa shape index (κ1) is 10.9. The molecule has 15 heavy (non-hydrogen) atoms. The topological polar surface area (TPSA) is 68.3 Å². The van der Waals surface area contributed by atoms with E-state index in [-0.39, 0.29) is 30.0 Å². The third-order valence-electron chi connectivity index (χ3n) is 3.31. The van der Waals surface area contributed by atoms with Crippen LogP contribution in [0.25, 0.3) is 0 Å². The van der Waals surface area contributed by atoms with E-state index >= 15 is 0 Å². The van der Waals surface area contributed by atoms with Crippen LogP contribution < -0.4 is 0 Å². The second kappa shape index (κ2) is 4.08. The van der Waals surface area contributed by atoms with Crippen LogP contribution >= 0.6 is 0 Å². The molecule has 2 rings (SSSR count). The molecule has 2 aliphatic rings.